The maximum absolute atomic E-state index is 11.8. The number of aromatic nitrogens is 2. The van der Waals surface area contributed by atoms with Gasteiger partial charge in [-0.2, -0.15) is 5.10 Å². The molecule has 0 radical (unpaired) electrons. The summed E-state index contributed by atoms with van der Waals surface area (Å²) in [4.78, 5) is 2.83. The Morgan fingerprint density at radius 1 is 1.33 bits per heavy atom. The van der Waals surface area contributed by atoms with Gasteiger partial charge in [-0.25, -0.2) is 8.42 Å². The summed E-state index contributed by atoms with van der Waals surface area (Å²) in [7, 11) is -3.22. The first kappa shape index (κ1) is 17.2. The summed E-state index contributed by atoms with van der Waals surface area (Å²) in [6.07, 6.45) is 5.70. The van der Waals surface area contributed by atoms with E-state index >= 15 is 0 Å². The third-order valence-electron chi connectivity index (χ3n) is 4.83. The molecule has 1 aliphatic heterocycles. The summed E-state index contributed by atoms with van der Waals surface area (Å²) in [6, 6.07) is 8.50. The first-order valence-corrected chi connectivity index (χ1v) is 10.3. The molecule has 1 unspecified atom stereocenters. The van der Waals surface area contributed by atoms with Crippen LogP contribution in [0.4, 0.5) is 0 Å². The molecule has 3 rings (SSSR count). The normalized spacial score (nSPS) is 19.5. The molecule has 1 aromatic carbocycles. The summed E-state index contributed by atoms with van der Waals surface area (Å²) >= 11 is 0. The zero-order chi connectivity index (χ0) is 17.2. The van der Waals surface area contributed by atoms with Crippen LogP contribution in [-0.2, 0) is 22.8 Å². The van der Waals surface area contributed by atoms with Crippen LogP contribution in [0.15, 0.2) is 35.4 Å². The van der Waals surface area contributed by atoms with Crippen LogP contribution in [0.1, 0.15) is 29.7 Å². The van der Waals surface area contributed by atoms with Gasteiger partial charge in [-0.3, -0.25) is 10.00 Å². The van der Waals surface area contributed by atoms with E-state index in [1.807, 2.05) is 0 Å². The van der Waals surface area contributed by atoms with Crippen LogP contribution in [0, 0.1) is 12.8 Å². The average Bonchev–Trinajstić information content (AvgIpc) is 2.98. The lowest BCUT2D eigenvalue weighted by atomic mass is 9.93. The lowest BCUT2D eigenvalue weighted by Gasteiger charge is -2.33. The fraction of sp³-hybridized carbons (Fsp3) is 0.500. The van der Waals surface area contributed by atoms with E-state index in [9.17, 15) is 8.42 Å². The Kier molecular flexibility index (Phi) is 5.06. The number of H-pyrrole nitrogens is 1. The second-order valence-electron chi connectivity index (χ2n) is 6.86. The molecular weight excluding hydrogens is 322 g/mol. The van der Waals surface area contributed by atoms with Crippen molar-refractivity contribution < 1.29 is 8.42 Å². The van der Waals surface area contributed by atoms with Crippen LogP contribution in [0.5, 0.6) is 0 Å². The number of hydrogen-bond donors (Lipinski definition) is 1. The Hall–Kier alpha value is -1.66. The van der Waals surface area contributed by atoms with Crippen LogP contribution in [0.2, 0.25) is 0 Å². The monoisotopic (exact) mass is 347 g/mol. The molecule has 0 aliphatic carbocycles. The van der Waals surface area contributed by atoms with Crippen molar-refractivity contribution in [2.45, 2.75) is 37.6 Å². The van der Waals surface area contributed by atoms with E-state index < -0.39 is 9.84 Å². The van der Waals surface area contributed by atoms with Crippen LogP contribution < -0.4 is 0 Å². The van der Waals surface area contributed by atoms with Crippen LogP contribution >= 0.6 is 0 Å². The van der Waals surface area contributed by atoms with Crippen molar-refractivity contribution in [3.63, 3.8) is 0 Å². The molecule has 1 saturated heterocycles. The number of sulfone groups is 1. The van der Waals surface area contributed by atoms with E-state index in [-0.39, 0.29) is 0 Å². The molecule has 2 heterocycles. The largest absolute Gasteiger partial charge is 0.299 e. The Balaban J connectivity index is 1.66. The topological polar surface area (TPSA) is 66.1 Å². The van der Waals surface area contributed by atoms with Gasteiger partial charge in [0.05, 0.1) is 11.9 Å². The number of hydrogen-bond acceptors (Lipinski definition) is 4. The van der Waals surface area contributed by atoms with Crippen molar-refractivity contribution in [1.29, 1.82) is 0 Å². The van der Waals surface area contributed by atoms with Gasteiger partial charge < -0.3 is 0 Å². The number of aromatic amines is 1. The van der Waals surface area contributed by atoms with Crippen molar-refractivity contribution >= 4 is 9.84 Å². The molecule has 0 amide bonds. The molecule has 130 valence electrons. The highest BCUT2D eigenvalue weighted by atomic mass is 32.2. The summed E-state index contributed by atoms with van der Waals surface area (Å²) in [5, 5.41) is 6.82. The second kappa shape index (κ2) is 7.07. The fourth-order valence-corrected chi connectivity index (χ4v) is 4.37. The molecule has 24 heavy (non-hydrogen) atoms. The number of piperidine rings is 1. The minimum atomic E-state index is -3.22. The quantitative estimate of drug-likeness (QED) is 0.903. The highest BCUT2D eigenvalue weighted by Gasteiger charge is 2.24. The van der Waals surface area contributed by atoms with E-state index in [4.69, 9.17) is 0 Å². The number of nitrogens with one attached hydrogen (secondary N) is 1. The van der Waals surface area contributed by atoms with Crippen LogP contribution in [-0.4, -0.2) is 42.9 Å². The minimum Gasteiger partial charge on any atom is -0.299 e. The Morgan fingerprint density at radius 2 is 2.12 bits per heavy atom. The van der Waals surface area contributed by atoms with Crippen LogP contribution in [0.3, 0.4) is 0 Å². The van der Waals surface area contributed by atoms with Gasteiger partial charge in [0.15, 0.2) is 9.84 Å². The number of benzene rings is 1. The number of rotatable bonds is 5. The molecule has 1 fully saturated rings. The predicted octanol–water partition coefficient (Wildman–Crippen LogP) is 2.58. The molecule has 1 atom stereocenters. The second-order valence-corrected chi connectivity index (χ2v) is 8.84. The lowest BCUT2D eigenvalue weighted by Crippen LogP contribution is -2.36. The van der Waals surface area contributed by atoms with Crippen molar-refractivity contribution in [3.05, 3.63) is 47.3 Å². The summed E-state index contributed by atoms with van der Waals surface area (Å²) in [6.45, 7) is 5.22. The SMILES string of the molecule is Cc1ccccc1CN1CCCC(Cc2[nH]ncc2S(C)(=O)=O)C1. The van der Waals surface area contributed by atoms with Gasteiger partial charge in [0, 0.05) is 19.3 Å². The molecule has 1 aliphatic rings. The van der Waals surface area contributed by atoms with E-state index in [2.05, 4.69) is 46.3 Å². The molecule has 1 aromatic heterocycles. The molecule has 1 N–H and O–H groups in total. The maximum Gasteiger partial charge on any atom is 0.178 e. The maximum atomic E-state index is 11.8. The molecule has 0 spiro atoms. The standard InChI is InChI=1S/C18H25N3O2S/c1-14-6-3-4-8-16(14)13-21-9-5-7-15(12-21)10-17-18(11-19-20-17)24(2,22)23/h3-4,6,8,11,15H,5,7,9-10,12-13H2,1-2H3,(H,19,20). The van der Waals surface area contributed by atoms with E-state index in [1.54, 1.807) is 0 Å². The molecule has 2 aromatic rings. The van der Waals surface area contributed by atoms with E-state index in [1.165, 1.54) is 23.6 Å². The Morgan fingerprint density at radius 3 is 2.88 bits per heavy atom. The van der Waals surface area contributed by atoms with Gasteiger partial charge in [0.1, 0.15) is 4.90 Å². The zero-order valence-corrected chi connectivity index (χ0v) is 15.1. The number of aryl methyl sites for hydroxylation is 1. The number of likely N-dealkylation sites (tertiary alicyclic amines) is 1. The van der Waals surface area contributed by atoms with Gasteiger partial charge in [0.2, 0.25) is 0 Å². The van der Waals surface area contributed by atoms with Gasteiger partial charge in [-0.05, 0) is 49.8 Å². The first-order valence-electron chi connectivity index (χ1n) is 8.42. The summed E-state index contributed by atoms with van der Waals surface area (Å²) in [5.74, 6) is 0.462. The fourth-order valence-electron chi connectivity index (χ4n) is 3.55. The van der Waals surface area contributed by atoms with Gasteiger partial charge in [0.25, 0.3) is 0 Å². The van der Waals surface area contributed by atoms with Gasteiger partial charge in [-0.1, -0.05) is 24.3 Å². The van der Waals surface area contributed by atoms with E-state index in [0.29, 0.717) is 10.8 Å². The van der Waals surface area contributed by atoms with Crippen molar-refractivity contribution in [3.8, 4) is 0 Å². The highest BCUT2D eigenvalue weighted by Crippen LogP contribution is 2.24. The highest BCUT2D eigenvalue weighted by molar-refractivity contribution is 7.90. The third kappa shape index (κ3) is 4.05. The zero-order valence-electron chi connectivity index (χ0n) is 14.3. The molecule has 0 saturated carbocycles. The third-order valence-corrected chi connectivity index (χ3v) is 5.98. The molecule has 0 bridgehead atoms. The van der Waals surface area contributed by atoms with Gasteiger partial charge >= 0.3 is 0 Å². The summed E-state index contributed by atoms with van der Waals surface area (Å²) < 4.78 is 23.7. The van der Waals surface area contributed by atoms with Crippen molar-refractivity contribution in [1.82, 2.24) is 15.1 Å². The van der Waals surface area contributed by atoms with E-state index in [0.717, 1.165) is 44.6 Å². The average molecular weight is 347 g/mol. The number of nitrogens with zero attached hydrogens (tertiary/aromatic N) is 2. The first-order chi connectivity index (χ1) is 11.4. The Bertz CT molecular complexity index is 798. The predicted molar refractivity (Wildman–Crippen MR) is 94.6 cm³/mol. The smallest absolute Gasteiger partial charge is 0.178 e. The Labute approximate surface area is 144 Å². The van der Waals surface area contributed by atoms with Crippen molar-refractivity contribution in [2.75, 3.05) is 19.3 Å². The minimum absolute atomic E-state index is 0.346. The molecular formula is C18H25N3O2S. The van der Waals surface area contributed by atoms with Crippen LogP contribution in [0.25, 0.3) is 0 Å². The van der Waals surface area contributed by atoms with Crippen molar-refractivity contribution in [2.24, 2.45) is 5.92 Å². The lowest BCUT2D eigenvalue weighted by molar-refractivity contribution is 0.166. The molecule has 5 nitrogen and oxygen atoms in total. The molecule has 6 heteroatoms. The van der Waals surface area contributed by atoms with Gasteiger partial charge in [-0.15, -0.1) is 0 Å². The summed E-state index contributed by atoms with van der Waals surface area (Å²) in [5.41, 5.74) is 3.45.